The molecule has 0 saturated heterocycles. The topological polar surface area (TPSA) is 26.3 Å². The van der Waals surface area contributed by atoms with Crippen molar-refractivity contribution in [2.24, 2.45) is 0 Å². The van der Waals surface area contributed by atoms with Crippen LogP contribution in [0.2, 0.25) is 10.0 Å². The van der Waals surface area contributed by atoms with E-state index in [0.29, 0.717) is 21.4 Å². The first kappa shape index (κ1) is 15.3. The van der Waals surface area contributed by atoms with Crippen molar-refractivity contribution in [2.75, 3.05) is 0 Å². The second-order valence-electron chi connectivity index (χ2n) is 5.57. The molecule has 24 heavy (non-hydrogen) atoms. The predicted molar refractivity (Wildman–Crippen MR) is 96.0 cm³/mol. The minimum absolute atomic E-state index is 0.143. The maximum Gasteiger partial charge on any atom is 0.208 e. The third-order valence-electron chi connectivity index (χ3n) is 4.11. The number of para-hydroxylation sites is 1. The Morgan fingerprint density at radius 3 is 2.33 bits per heavy atom. The summed E-state index contributed by atoms with van der Waals surface area (Å²) in [5, 5.41) is 0.774. The van der Waals surface area contributed by atoms with E-state index in [0.717, 1.165) is 16.7 Å². The normalized spacial score (nSPS) is 15.2. The van der Waals surface area contributed by atoms with Crippen molar-refractivity contribution in [3.63, 3.8) is 0 Å². The Labute approximate surface area is 149 Å². The van der Waals surface area contributed by atoms with Crippen molar-refractivity contribution in [2.45, 2.75) is 6.10 Å². The van der Waals surface area contributed by atoms with Crippen molar-refractivity contribution in [1.29, 1.82) is 0 Å². The lowest BCUT2D eigenvalue weighted by Gasteiger charge is -2.28. The standard InChI is InChI=1S/C20H12Cl2O2/c21-16-10-9-12(11-17(16)22)19(23)20-15-7-2-1-5-13(15)14-6-3-4-8-18(14)24-20/h1-11,20H. The number of ether oxygens (including phenoxy) is 1. The number of carbonyl (C=O) groups excluding carboxylic acids is 1. The quantitative estimate of drug-likeness (QED) is 0.529. The molecular weight excluding hydrogens is 343 g/mol. The summed E-state index contributed by atoms with van der Waals surface area (Å²) in [6.07, 6.45) is -0.701. The molecule has 2 nitrogen and oxygen atoms in total. The van der Waals surface area contributed by atoms with Crippen molar-refractivity contribution >= 4 is 29.0 Å². The number of ketones is 1. The van der Waals surface area contributed by atoms with Gasteiger partial charge in [-0.05, 0) is 29.8 Å². The molecule has 0 N–H and O–H groups in total. The maximum absolute atomic E-state index is 13.0. The number of carbonyl (C=O) groups is 1. The summed E-state index contributed by atoms with van der Waals surface area (Å²) in [5.41, 5.74) is 3.33. The van der Waals surface area contributed by atoms with Crippen LogP contribution in [0.25, 0.3) is 11.1 Å². The van der Waals surface area contributed by atoms with Gasteiger partial charge in [0.2, 0.25) is 5.78 Å². The van der Waals surface area contributed by atoms with Crippen LogP contribution in [0.5, 0.6) is 5.75 Å². The highest BCUT2D eigenvalue weighted by molar-refractivity contribution is 6.42. The molecule has 0 aliphatic carbocycles. The molecule has 4 heteroatoms. The van der Waals surface area contributed by atoms with E-state index in [2.05, 4.69) is 0 Å². The van der Waals surface area contributed by atoms with Gasteiger partial charge in [-0.25, -0.2) is 0 Å². The molecule has 1 aliphatic rings. The van der Waals surface area contributed by atoms with Gasteiger partial charge in [0, 0.05) is 16.7 Å². The zero-order valence-corrected chi connectivity index (χ0v) is 14.0. The molecule has 0 aromatic heterocycles. The molecule has 0 amide bonds. The summed E-state index contributed by atoms with van der Waals surface area (Å²) >= 11 is 12.0. The van der Waals surface area contributed by atoms with Crippen LogP contribution in [0.3, 0.4) is 0 Å². The molecule has 1 aliphatic heterocycles. The van der Waals surface area contributed by atoms with Gasteiger partial charge in [-0.1, -0.05) is 65.7 Å². The van der Waals surface area contributed by atoms with Crippen LogP contribution in [0.4, 0.5) is 0 Å². The molecule has 1 heterocycles. The van der Waals surface area contributed by atoms with Gasteiger partial charge in [0.1, 0.15) is 5.75 Å². The lowest BCUT2D eigenvalue weighted by Crippen LogP contribution is -2.22. The van der Waals surface area contributed by atoms with E-state index in [1.165, 1.54) is 0 Å². The maximum atomic E-state index is 13.0. The second kappa shape index (κ2) is 5.97. The fourth-order valence-electron chi connectivity index (χ4n) is 2.95. The summed E-state index contributed by atoms with van der Waals surface area (Å²) in [7, 11) is 0. The molecule has 4 rings (SSSR count). The number of benzene rings is 3. The largest absolute Gasteiger partial charge is 0.477 e. The van der Waals surface area contributed by atoms with Gasteiger partial charge >= 0.3 is 0 Å². The average molecular weight is 355 g/mol. The molecule has 1 unspecified atom stereocenters. The van der Waals surface area contributed by atoms with Gasteiger partial charge in [0.15, 0.2) is 6.10 Å². The SMILES string of the molecule is O=C(c1ccc(Cl)c(Cl)c1)C1Oc2ccccc2-c2ccccc21. The van der Waals surface area contributed by atoms with Gasteiger partial charge in [0.25, 0.3) is 0 Å². The molecule has 0 bridgehead atoms. The van der Waals surface area contributed by atoms with Crippen LogP contribution in [0.1, 0.15) is 22.0 Å². The minimum Gasteiger partial charge on any atom is -0.477 e. The number of fused-ring (bicyclic) bond motifs is 3. The monoisotopic (exact) mass is 354 g/mol. The smallest absolute Gasteiger partial charge is 0.208 e. The Balaban J connectivity index is 1.82. The fourth-order valence-corrected chi connectivity index (χ4v) is 3.25. The average Bonchev–Trinajstić information content (AvgIpc) is 2.63. The Morgan fingerprint density at radius 2 is 1.54 bits per heavy atom. The van der Waals surface area contributed by atoms with Crippen LogP contribution in [-0.2, 0) is 0 Å². The van der Waals surface area contributed by atoms with E-state index in [9.17, 15) is 4.79 Å². The lowest BCUT2D eigenvalue weighted by atomic mass is 9.89. The molecule has 118 valence electrons. The Morgan fingerprint density at radius 1 is 0.833 bits per heavy atom. The van der Waals surface area contributed by atoms with E-state index in [1.54, 1.807) is 18.2 Å². The first-order chi connectivity index (χ1) is 11.6. The number of halogens is 2. The van der Waals surface area contributed by atoms with E-state index in [4.69, 9.17) is 27.9 Å². The fraction of sp³-hybridized carbons (Fsp3) is 0.0500. The van der Waals surface area contributed by atoms with E-state index >= 15 is 0 Å². The first-order valence-corrected chi connectivity index (χ1v) is 8.25. The molecule has 0 saturated carbocycles. The van der Waals surface area contributed by atoms with Gasteiger partial charge in [-0.15, -0.1) is 0 Å². The number of rotatable bonds is 2. The summed E-state index contributed by atoms with van der Waals surface area (Å²) < 4.78 is 6.02. The molecule has 0 radical (unpaired) electrons. The van der Waals surface area contributed by atoms with Crippen LogP contribution in [0, 0.1) is 0 Å². The zero-order valence-electron chi connectivity index (χ0n) is 12.5. The van der Waals surface area contributed by atoms with Gasteiger partial charge in [0.05, 0.1) is 10.0 Å². The first-order valence-electron chi connectivity index (χ1n) is 7.49. The summed E-state index contributed by atoms with van der Waals surface area (Å²) in [6, 6.07) is 20.4. The third-order valence-corrected chi connectivity index (χ3v) is 4.85. The Bertz CT molecular complexity index is 950. The number of Topliss-reactive ketones (excluding diaryl/α,β-unsaturated/α-hetero) is 1. The highest BCUT2D eigenvalue weighted by Gasteiger charge is 2.31. The van der Waals surface area contributed by atoms with Crippen molar-refractivity contribution in [3.8, 4) is 16.9 Å². The predicted octanol–water partition coefficient (Wildman–Crippen LogP) is 5.98. The highest BCUT2D eigenvalue weighted by Crippen LogP contribution is 2.43. The summed E-state index contributed by atoms with van der Waals surface area (Å²) in [6.45, 7) is 0. The number of hydrogen-bond donors (Lipinski definition) is 0. The van der Waals surface area contributed by atoms with Crippen molar-refractivity contribution < 1.29 is 9.53 Å². The van der Waals surface area contributed by atoms with Crippen LogP contribution >= 0.6 is 23.2 Å². The highest BCUT2D eigenvalue weighted by atomic mass is 35.5. The van der Waals surface area contributed by atoms with E-state index in [-0.39, 0.29) is 5.78 Å². The minimum atomic E-state index is -0.701. The van der Waals surface area contributed by atoms with Crippen molar-refractivity contribution in [1.82, 2.24) is 0 Å². The molecular formula is C20H12Cl2O2. The van der Waals surface area contributed by atoms with Crippen LogP contribution in [0.15, 0.2) is 66.7 Å². The summed E-state index contributed by atoms with van der Waals surface area (Å²) in [5.74, 6) is 0.560. The Kier molecular flexibility index (Phi) is 3.79. The molecule has 3 aromatic rings. The third kappa shape index (κ3) is 2.48. The molecule has 1 atom stereocenters. The molecule has 0 spiro atoms. The van der Waals surface area contributed by atoms with E-state index in [1.807, 2.05) is 48.5 Å². The number of hydrogen-bond acceptors (Lipinski definition) is 2. The zero-order chi connectivity index (χ0) is 16.7. The van der Waals surface area contributed by atoms with Crippen molar-refractivity contribution in [3.05, 3.63) is 87.9 Å². The van der Waals surface area contributed by atoms with Gasteiger partial charge in [-0.2, -0.15) is 0 Å². The molecule has 3 aromatic carbocycles. The van der Waals surface area contributed by atoms with E-state index < -0.39 is 6.10 Å². The van der Waals surface area contributed by atoms with Crippen LogP contribution < -0.4 is 4.74 Å². The van der Waals surface area contributed by atoms with Crippen LogP contribution in [-0.4, -0.2) is 5.78 Å². The lowest BCUT2D eigenvalue weighted by molar-refractivity contribution is 0.0788. The Hall–Kier alpha value is -2.29. The molecule has 0 fully saturated rings. The second-order valence-corrected chi connectivity index (χ2v) is 6.39. The van der Waals surface area contributed by atoms with Gasteiger partial charge < -0.3 is 4.74 Å². The van der Waals surface area contributed by atoms with Gasteiger partial charge in [-0.3, -0.25) is 4.79 Å². The summed E-state index contributed by atoms with van der Waals surface area (Å²) in [4.78, 5) is 13.0.